The average molecular weight is 277 g/mol. The first-order valence-corrected chi connectivity index (χ1v) is 7.20. The largest absolute Gasteiger partial charge is 0.496 e. The van der Waals surface area contributed by atoms with Gasteiger partial charge in [0.25, 0.3) is 0 Å². The van der Waals surface area contributed by atoms with Crippen LogP contribution in [0, 0.1) is 5.92 Å². The Hall–Kier alpha value is -1.55. The van der Waals surface area contributed by atoms with E-state index < -0.39 is 6.10 Å². The van der Waals surface area contributed by atoms with Gasteiger partial charge in [-0.05, 0) is 24.8 Å². The zero-order valence-electron chi connectivity index (χ0n) is 12.2. The van der Waals surface area contributed by atoms with Crippen LogP contribution in [0.15, 0.2) is 24.3 Å². The number of methoxy groups -OCH3 is 1. The molecule has 0 aromatic heterocycles. The number of hydrogen-bond donors (Lipinski definition) is 1. The van der Waals surface area contributed by atoms with Crippen LogP contribution >= 0.6 is 0 Å². The first-order valence-electron chi connectivity index (χ1n) is 7.20. The molecule has 110 valence electrons. The van der Waals surface area contributed by atoms with Gasteiger partial charge in [0.2, 0.25) is 5.91 Å². The topological polar surface area (TPSA) is 49.8 Å². The molecule has 4 nitrogen and oxygen atoms in total. The van der Waals surface area contributed by atoms with E-state index in [4.69, 9.17) is 4.74 Å². The van der Waals surface area contributed by atoms with Gasteiger partial charge in [-0.15, -0.1) is 0 Å². The third kappa shape index (κ3) is 3.51. The molecule has 4 heteroatoms. The highest BCUT2D eigenvalue weighted by Crippen LogP contribution is 2.26. The van der Waals surface area contributed by atoms with Gasteiger partial charge in [-0.1, -0.05) is 25.1 Å². The predicted octanol–water partition coefficient (Wildman–Crippen LogP) is 2.38. The molecule has 1 aromatic carbocycles. The molecule has 2 atom stereocenters. The first kappa shape index (κ1) is 14.9. The van der Waals surface area contributed by atoms with Crippen molar-refractivity contribution < 1.29 is 14.6 Å². The van der Waals surface area contributed by atoms with Crippen LogP contribution in [-0.4, -0.2) is 36.1 Å². The van der Waals surface area contributed by atoms with Gasteiger partial charge in [0.05, 0.1) is 13.7 Å². The lowest BCUT2D eigenvalue weighted by atomic mass is 10.0. The van der Waals surface area contributed by atoms with E-state index in [9.17, 15) is 9.90 Å². The van der Waals surface area contributed by atoms with Gasteiger partial charge in [0.15, 0.2) is 0 Å². The van der Waals surface area contributed by atoms with Crippen LogP contribution in [0.2, 0.25) is 0 Å². The Morgan fingerprint density at radius 2 is 2.15 bits per heavy atom. The molecule has 0 spiro atoms. The third-order valence-corrected chi connectivity index (χ3v) is 3.99. The smallest absolute Gasteiger partial charge is 0.222 e. The Kier molecular flexibility index (Phi) is 5.01. The molecule has 2 unspecified atom stereocenters. The van der Waals surface area contributed by atoms with Gasteiger partial charge in [-0.25, -0.2) is 0 Å². The molecule has 0 radical (unpaired) electrons. The molecule has 0 aliphatic carbocycles. The number of ether oxygens (including phenoxy) is 1. The van der Waals surface area contributed by atoms with E-state index >= 15 is 0 Å². The predicted molar refractivity (Wildman–Crippen MR) is 77.5 cm³/mol. The molecule has 0 saturated carbocycles. The van der Waals surface area contributed by atoms with Crippen molar-refractivity contribution in [1.82, 2.24) is 4.90 Å². The lowest BCUT2D eigenvalue weighted by Gasteiger charge is -2.24. The summed E-state index contributed by atoms with van der Waals surface area (Å²) < 4.78 is 5.26. The molecular formula is C16H23NO3. The van der Waals surface area contributed by atoms with Crippen LogP contribution in [0.4, 0.5) is 0 Å². The van der Waals surface area contributed by atoms with Crippen molar-refractivity contribution in [3.8, 4) is 5.75 Å². The number of hydrogen-bond acceptors (Lipinski definition) is 3. The lowest BCUT2D eigenvalue weighted by Crippen LogP contribution is -2.34. The molecule has 1 aliphatic heterocycles. The summed E-state index contributed by atoms with van der Waals surface area (Å²) >= 11 is 0. The highest BCUT2D eigenvalue weighted by atomic mass is 16.5. The van der Waals surface area contributed by atoms with Gasteiger partial charge in [0, 0.05) is 18.5 Å². The first-order chi connectivity index (χ1) is 9.61. The number of rotatable bonds is 4. The molecule has 2 rings (SSSR count). The Labute approximate surface area is 120 Å². The van der Waals surface area contributed by atoms with Gasteiger partial charge in [0.1, 0.15) is 11.9 Å². The summed E-state index contributed by atoms with van der Waals surface area (Å²) in [5.41, 5.74) is 0.736. The van der Waals surface area contributed by atoms with Gasteiger partial charge in [-0.2, -0.15) is 0 Å². The summed E-state index contributed by atoms with van der Waals surface area (Å²) in [6.07, 6.45) is 1.83. The minimum atomic E-state index is -0.705. The summed E-state index contributed by atoms with van der Waals surface area (Å²) in [5, 5.41) is 10.4. The summed E-state index contributed by atoms with van der Waals surface area (Å²) in [5.74, 6) is 1.38. The number of aliphatic hydroxyl groups is 1. The summed E-state index contributed by atoms with van der Waals surface area (Å²) in [6.45, 7) is 3.24. The molecule has 0 bridgehead atoms. The number of β-amino-alcohol motifs (C(OH)–C–C–N with tert-alkyl or cyclic N) is 1. The quantitative estimate of drug-likeness (QED) is 0.919. The number of likely N-dealkylation sites (tertiary alicyclic amines) is 1. The van der Waals surface area contributed by atoms with Gasteiger partial charge < -0.3 is 14.7 Å². The van der Waals surface area contributed by atoms with E-state index in [0.29, 0.717) is 24.6 Å². The van der Waals surface area contributed by atoms with Crippen molar-refractivity contribution in [1.29, 1.82) is 0 Å². The maximum Gasteiger partial charge on any atom is 0.222 e. The SMILES string of the molecule is COc1ccccc1C(O)CN1CCC(C)CCC1=O. The Morgan fingerprint density at radius 3 is 2.90 bits per heavy atom. The van der Waals surface area contributed by atoms with Crippen LogP contribution < -0.4 is 4.74 Å². The van der Waals surface area contributed by atoms with E-state index in [1.165, 1.54) is 0 Å². The third-order valence-electron chi connectivity index (χ3n) is 3.99. The van der Waals surface area contributed by atoms with Crippen molar-refractivity contribution in [3.05, 3.63) is 29.8 Å². The molecule has 1 fully saturated rings. The van der Waals surface area contributed by atoms with E-state index in [-0.39, 0.29) is 5.91 Å². The number of carbonyl (C=O) groups is 1. The number of carbonyl (C=O) groups excluding carboxylic acids is 1. The molecule has 1 N–H and O–H groups in total. The molecule has 1 saturated heterocycles. The van der Waals surface area contributed by atoms with Gasteiger partial charge >= 0.3 is 0 Å². The molecule has 1 aliphatic rings. The van der Waals surface area contributed by atoms with E-state index in [1.54, 1.807) is 12.0 Å². The van der Waals surface area contributed by atoms with Crippen LogP contribution in [0.1, 0.15) is 37.9 Å². The monoisotopic (exact) mass is 277 g/mol. The second-order valence-electron chi connectivity index (χ2n) is 5.53. The Morgan fingerprint density at radius 1 is 1.40 bits per heavy atom. The van der Waals surface area contributed by atoms with Crippen molar-refractivity contribution in [3.63, 3.8) is 0 Å². The lowest BCUT2D eigenvalue weighted by molar-refractivity contribution is -0.132. The number of amides is 1. The average Bonchev–Trinajstić information content (AvgIpc) is 2.62. The maximum absolute atomic E-state index is 12.1. The van der Waals surface area contributed by atoms with Crippen molar-refractivity contribution in [2.75, 3.05) is 20.2 Å². The fraction of sp³-hybridized carbons (Fsp3) is 0.562. The van der Waals surface area contributed by atoms with E-state index in [0.717, 1.165) is 24.9 Å². The van der Waals surface area contributed by atoms with Crippen LogP contribution in [0.3, 0.4) is 0 Å². The number of para-hydroxylation sites is 1. The van der Waals surface area contributed by atoms with E-state index in [1.807, 2.05) is 24.3 Å². The summed E-state index contributed by atoms with van der Waals surface area (Å²) in [4.78, 5) is 13.8. The molecule has 1 heterocycles. The summed E-state index contributed by atoms with van der Waals surface area (Å²) in [7, 11) is 1.59. The fourth-order valence-corrected chi connectivity index (χ4v) is 2.62. The van der Waals surface area contributed by atoms with Crippen molar-refractivity contribution in [2.45, 2.75) is 32.3 Å². The standard InChI is InChI=1S/C16H23NO3/c1-12-7-8-16(19)17(10-9-12)11-14(18)13-5-3-4-6-15(13)20-2/h3-6,12,14,18H,7-11H2,1-2H3. The number of benzene rings is 1. The molecule has 1 aromatic rings. The normalized spacial score (nSPS) is 21.4. The zero-order valence-corrected chi connectivity index (χ0v) is 12.2. The van der Waals surface area contributed by atoms with Crippen molar-refractivity contribution in [2.24, 2.45) is 5.92 Å². The Bertz CT molecular complexity index is 461. The van der Waals surface area contributed by atoms with Crippen LogP contribution in [0.5, 0.6) is 5.75 Å². The number of aliphatic hydroxyl groups excluding tert-OH is 1. The second kappa shape index (κ2) is 6.75. The highest BCUT2D eigenvalue weighted by molar-refractivity contribution is 5.76. The van der Waals surface area contributed by atoms with E-state index in [2.05, 4.69) is 6.92 Å². The van der Waals surface area contributed by atoms with Crippen LogP contribution in [-0.2, 0) is 4.79 Å². The minimum absolute atomic E-state index is 0.142. The van der Waals surface area contributed by atoms with Crippen LogP contribution in [0.25, 0.3) is 0 Å². The molecular weight excluding hydrogens is 254 g/mol. The maximum atomic E-state index is 12.1. The number of nitrogens with zero attached hydrogens (tertiary/aromatic N) is 1. The zero-order chi connectivity index (χ0) is 14.5. The molecule has 20 heavy (non-hydrogen) atoms. The van der Waals surface area contributed by atoms with Crippen molar-refractivity contribution >= 4 is 5.91 Å². The fourth-order valence-electron chi connectivity index (χ4n) is 2.62. The summed E-state index contributed by atoms with van der Waals surface area (Å²) in [6, 6.07) is 7.40. The van der Waals surface area contributed by atoms with Gasteiger partial charge in [-0.3, -0.25) is 4.79 Å². The second-order valence-corrected chi connectivity index (χ2v) is 5.53. The Balaban J connectivity index is 2.06. The molecule has 1 amide bonds. The minimum Gasteiger partial charge on any atom is -0.496 e. The highest BCUT2D eigenvalue weighted by Gasteiger charge is 2.23.